The molecular weight excluding hydrogens is 204 g/mol. The first-order chi connectivity index (χ1) is 7.74. The van der Waals surface area contributed by atoms with Crippen LogP contribution in [0, 0.1) is 6.92 Å². The van der Waals surface area contributed by atoms with Gasteiger partial charge in [-0.2, -0.15) is 4.89 Å². The number of aryl methyl sites for hydroxylation is 1. The van der Waals surface area contributed by atoms with Crippen LogP contribution in [0.1, 0.15) is 42.1 Å². The van der Waals surface area contributed by atoms with E-state index in [-0.39, 0.29) is 0 Å². The Bertz CT molecular complexity index is 316. The summed E-state index contributed by atoms with van der Waals surface area (Å²) in [5.74, 6) is -0.434. The van der Waals surface area contributed by atoms with Crippen molar-refractivity contribution in [2.24, 2.45) is 0 Å². The molecule has 16 heavy (non-hydrogen) atoms. The van der Waals surface area contributed by atoms with Crippen molar-refractivity contribution in [1.29, 1.82) is 0 Å². The van der Waals surface area contributed by atoms with Gasteiger partial charge < -0.3 is 0 Å². The lowest BCUT2D eigenvalue weighted by Gasteiger charge is -2.03. The van der Waals surface area contributed by atoms with Gasteiger partial charge in [0.25, 0.3) is 0 Å². The van der Waals surface area contributed by atoms with Crippen LogP contribution < -0.4 is 0 Å². The minimum absolute atomic E-state index is 0.434. The average Bonchev–Trinajstić information content (AvgIpc) is 2.29. The van der Waals surface area contributed by atoms with Crippen molar-refractivity contribution < 1.29 is 14.6 Å². The summed E-state index contributed by atoms with van der Waals surface area (Å²) in [4.78, 5) is 20.9. The highest BCUT2D eigenvalue weighted by molar-refractivity contribution is 5.88. The summed E-state index contributed by atoms with van der Waals surface area (Å²) in [5.41, 5.74) is 1.63. The Morgan fingerprint density at radius 3 is 2.50 bits per heavy atom. The molecule has 0 unspecified atom stereocenters. The van der Waals surface area contributed by atoms with Crippen molar-refractivity contribution in [2.75, 3.05) is 6.61 Å². The third-order valence-electron chi connectivity index (χ3n) is 2.25. The Morgan fingerprint density at radius 1 is 1.19 bits per heavy atom. The molecule has 1 rings (SSSR count). The molecule has 0 aliphatic carbocycles. The van der Waals surface area contributed by atoms with E-state index >= 15 is 0 Å². The van der Waals surface area contributed by atoms with E-state index in [1.54, 1.807) is 12.1 Å². The lowest BCUT2D eigenvalue weighted by molar-refractivity contribution is -0.241. The van der Waals surface area contributed by atoms with Crippen molar-refractivity contribution in [3.63, 3.8) is 0 Å². The van der Waals surface area contributed by atoms with Crippen molar-refractivity contribution >= 4 is 5.97 Å². The van der Waals surface area contributed by atoms with E-state index in [0.717, 1.165) is 24.8 Å². The number of hydrogen-bond acceptors (Lipinski definition) is 3. The summed E-state index contributed by atoms with van der Waals surface area (Å²) in [7, 11) is 0. The normalized spacial score (nSPS) is 10.1. The first kappa shape index (κ1) is 12.7. The molecule has 0 saturated heterocycles. The molecule has 0 aliphatic heterocycles. The maximum atomic E-state index is 11.4. The second-order valence-corrected chi connectivity index (χ2v) is 3.77. The topological polar surface area (TPSA) is 35.5 Å². The van der Waals surface area contributed by atoms with Gasteiger partial charge >= 0.3 is 5.97 Å². The molecule has 3 nitrogen and oxygen atoms in total. The number of hydrogen-bond donors (Lipinski definition) is 0. The summed E-state index contributed by atoms with van der Waals surface area (Å²) in [6.07, 6.45) is 3.12. The van der Waals surface area contributed by atoms with Gasteiger partial charge in [-0.05, 0) is 25.5 Å². The lowest BCUT2D eigenvalue weighted by Crippen LogP contribution is -2.06. The number of carbonyl (C=O) groups is 1. The monoisotopic (exact) mass is 222 g/mol. The van der Waals surface area contributed by atoms with Crippen molar-refractivity contribution in [2.45, 2.75) is 33.1 Å². The molecule has 0 N–H and O–H groups in total. The van der Waals surface area contributed by atoms with Crippen LogP contribution in [0.15, 0.2) is 24.3 Å². The van der Waals surface area contributed by atoms with Gasteiger partial charge in [0.15, 0.2) is 0 Å². The van der Waals surface area contributed by atoms with Gasteiger partial charge in [0.2, 0.25) is 0 Å². The van der Waals surface area contributed by atoms with Crippen LogP contribution in [0.25, 0.3) is 0 Å². The largest absolute Gasteiger partial charge is 0.373 e. The van der Waals surface area contributed by atoms with Crippen LogP contribution in [-0.2, 0) is 9.78 Å². The molecule has 0 aromatic heterocycles. The van der Waals surface area contributed by atoms with E-state index in [2.05, 4.69) is 11.8 Å². The zero-order valence-electron chi connectivity index (χ0n) is 9.86. The maximum absolute atomic E-state index is 11.4. The summed E-state index contributed by atoms with van der Waals surface area (Å²) in [5, 5.41) is 0. The fourth-order valence-corrected chi connectivity index (χ4v) is 1.24. The number of carbonyl (C=O) groups excluding carboxylic acids is 1. The van der Waals surface area contributed by atoms with E-state index in [1.807, 2.05) is 19.1 Å². The van der Waals surface area contributed by atoms with Crippen LogP contribution >= 0.6 is 0 Å². The molecule has 0 radical (unpaired) electrons. The first-order valence-electron chi connectivity index (χ1n) is 5.64. The minimum Gasteiger partial charge on any atom is -0.293 e. The van der Waals surface area contributed by atoms with E-state index in [0.29, 0.717) is 12.2 Å². The number of rotatable bonds is 6. The highest BCUT2D eigenvalue weighted by Crippen LogP contribution is 2.05. The summed E-state index contributed by atoms with van der Waals surface area (Å²) in [6.45, 7) is 4.54. The van der Waals surface area contributed by atoms with Crippen molar-refractivity contribution in [3.05, 3.63) is 35.4 Å². The summed E-state index contributed by atoms with van der Waals surface area (Å²) in [6, 6.07) is 7.20. The third-order valence-corrected chi connectivity index (χ3v) is 2.25. The molecule has 0 bridgehead atoms. The molecule has 0 aliphatic rings. The van der Waals surface area contributed by atoms with Gasteiger partial charge in [0.1, 0.15) is 0 Å². The molecule has 3 heteroatoms. The molecule has 0 saturated carbocycles. The second kappa shape index (κ2) is 7.01. The highest BCUT2D eigenvalue weighted by atomic mass is 17.2. The van der Waals surface area contributed by atoms with Gasteiger partial charge in [0, 0.05) is 0 Å². The predicted octanol–water partition coefficient (Wildman–Crippen LogP) is 3.27. The van der Waals surface area contributed by atoms with Crippen LogP contribution in [0.3, 0.4) is 0 Å². The Morgan fingerprint density at radius 2 is 1.88 bits per heavy atom. The molecule has 0 heterocycles. The van der Waals surface area contributed by atoms with Crippen LogP contribution in [0.4, 0.5) is 0 Å². The quantitative estimate of drug-likeness (QED) is 0.421. The molecule has 1 aromatic rings. The smallest absolute Gasteiger partial charge is 0.293 e. The van der Waals surface area contributed by atoms with Crippen LogP contribution in [0.5, 0.6) is 0 Å². The SMILES string of the molecule is CCCCCOOC(=O)c1ccc(C)cc1. The Balaban J connectivity index is 2.27. The molecule has 0 spiro atoms. The zero-order chi connectivity index (χ0) is 11.8. The van der Waals surface area contributed by atoms with Crippen molar-refractivity contribution in [3.8, 4) is 0 Å². The van der Waals surface area contributed by atoms with E-state index < -0.39 is 5.97 Å². The Kier molecular flexibility index (Phi) is 5.57. The standard InChI is InChI=1S/C13H18O3/c1-3-4-5-10-15-16-13(14)12-8-6-11(2)7-9-12/h6-9H,3-5,10H2,1-2H3. The summed E-state index contributed by atoms with van der Waals surface area (Å²) < 4.78 is 0. The Labute approximate surface area is 96.3 Å². The van der Waals surface area contributed by atoms with Crippen LogP contribution in [0.2, 0.25) is 0 Å². The zero-order valence-corrected chi connectivity index (χ0v) is 9.86. The summed E-state index contributed by atoms with van der Waals surface area (Å²) >= 11 is 0. The maximum Gasteiger partial charge on any atom is 0.373 e. The van der Waals surface area contributed by atoms with E-state index in [4.69, 9.17) is 4.89 Å². The van der Waals surface area contributed by atoms with Crippen LogP contribution in [-0.4, -0.2) is 12.6 Å². The van der Waals surface area contributed by atoms with E-state index in [1.165, 1.54) is 0 Å². The van der Waals surface area contributed by atoms with Gasteiger partial charge in [-0.3, -0.25) is 4.89 Å². The molecule has 0 amide bonds. The van der Waals surface area contributed by atoms with Gasteiger partial charge in [-0.15, -0.1) is 0 Å². The minimum atomic E-state index is -0.434. The molecule has 88 valence electrons. The van der Waals surface area contributed by atoms with E-state index in [9.17, 15) is 4.79 Å². The molecule has 1 aromatic carbocycles. The number of benzene rings is 1. The highest BCUT2D eigenvalue weighted by Gasteiger charge is 2.07. The third kappa shape index (κ3) is 4.45. The fourth-order valence-electron chi connectivity index (χ4n) is 1.24. The predicted molar refractivity (Wildman–Crippen MR) is 62.1 cm³/mol. The molecule has 0 atom stereocenters. The lowest BCUT2D eigenvalue weighted by atomic mass is 10.2. The first-order valence-corrected chi connectivity index (χ1v) is 5.64. The number of unbranched alkanes of at least 4 members (excludes halogenated alkanes) is 2. The second-order valence-electron chi connectivity index (χ2n) is 3.77. The Hall–Kier alpha value is -1.35. The molecule has 0 fully saturated rings. The van der Waals surface area contributed by atoms with Gasteiger partial charge in [-0.1, -0.05) is 37.5 Å². The average molecular weight is 222 g/mol. The van der Waals surface area contributed by atoms with Gasteiger partial charge in [0.05, 0.1) is 12.2 Å². The molecular formula is C13H18O3. The fraction of sp³-hybridized carbons (Fsp3) is 0.462. The van der Waals surface area contributed by atoms with Crippen molar-refractivity contribution in [1.82, 2.24) is 0 Å². The van der Waals surface area contributed by atoms with Gasteiger partial charge in [-0.25, -0.2) is 4.79 Å².